The molecule has 22 heavy (non-hydrogen) atoms. The maximum Gasteiger partial charge on any atom is 0.286 e. The second-order valence-electron chi connectivity index (χ2n) is 5.99. The Hall–Kier alpha value is -1.89. The van der Waals surface area contributed by atoms with Crippen molar-refractivity contribution in [2.75, 3.05) is 5.32 Å². The van der Waals surface area contributed by atoms with Gasteiger partial charge in [-0.3, -0.25) is 4.79 Å². The van der Waals surface area contributed by atoms with Crippen LogP contribution in [0.3, 0.4) is 0 Å². The molecule has 1 saturated carbocycles. The van der Waals surface area contributed by atoms with Gasteiger partial charge in [0.1, 0.15) is 10.7 Å². The summed E-state index contributed by atoms with van der Waals surface area (Å²) in [7, 11) is -3.65. The summed E-state index contributed by atoms with van der Waals surface area (Å²) in [5, 5.41) is 5.99. The molecule has 0 bridgehead atoms. The minimum Gasteiger partial charge on any atom is -0.353 e. The van der Waals surface area contributed by atoms with Crippen LogP contribution in [0.15, 0.2) is 33.6 Å². The molecule has 118 valence electrons. The Kier molecular flexibility index (Phi) is 3.90. The van der Waals surface area contributed by atoms with Crippen LogP contribution in [0, 0.1) is 5.92 Å². The number of hydrogen-bond acceptors (Lipinski definition) is 4. The van der Waals surface area contributed by atoms with Crippen molar-refractivity contribution < 1.29 is 13.2 Å². The van der Waals surface area contributed by atoms with Gasteiger partial charge in [0, 0.05) is 18.9 Å². The van der Waals surface area contributed by atoms with E-state index in [9.17, 15) is 13.2 Å². The second-order valence-corrected chi connectivity index (χ2v) is 7.56. The number of para-hydroxylation sites is 1. The lowest BCUT2D eigenvalue weighted by Crippen LogP contribution is -2.29. The van der Waals surface area contributed by atoms with Crippen molar-refractivity contribution >= 4 is 27.5 Å². The normalized spacial score (nSPS) is 20.3. The summed E-state index contributed by atoms with van der Waals surface area (Å²) in [6.45, 7) is 1.92. The first-order valence-electron chi connectivity index (χ1n) is 7.43. The standard InChI is InChI=1S/C15H19N3O3S/c1-10(9-15(19)16-11-6-7-11)8-14-17-12-4-2-3-5-13(12)22(20,21)18-14/h2-5,10-11H,6-9H2,1H3,(H,16,19)(H,17,18). The molecule has 0 radical (unpaired) electrons. The van der Waals surface area contributed by atoms with Crippen LogP contribution in [0.1, 0.15) is 32.6 Å². The van der Waals surface area contributed by atoms with Gasteiger partial charge in [-0.2, -0.15) is 8.42 Å². The molecule has 1 aromatic carbocycles. The molecule has 0 saturated heterocycles. The van der Waals surface area contributed by atoms with Crippen LogP contribution in [-0.2, 0) is 14.8 Å². The zero-order valence-corrected chi connectivity index (χ0v) is 13.2. The van der Waals surface area contributed by atoms with Crippen molar-refractivity contribution in [2.24, 2.45) is 10.3 Å². The summed E-state index contributed by atoms with van der Waals surface area (Å²) in [5.41, 5.74) is 0.544. The Balaban J connectivity index is 1.65. The SMILES string of the molecule is CC(CC(=O)NC1CC1)CC1=NS(=O)(=O)c2ccccc2N1. The molecule has 1 atom stereocenters. The van der Waals surface area contributed by atoms with E-state index in [0.29, 0.717) is 30.4 Å². The molecule has 1 aromatic rings. The zero-order chi connectivity index (χ0) is 15.7. The van der Waals surface area contributed by atoms with Gasteiger partial charge in [0.25, 0.3) is 10.0 Å². The average Bonchev–Trinajstić information content (AvgIpc) is 3.21. The number of anilines is 1. The highest BCUT2D eigenvalue weighted by atomic mass is 32.2. The molecule has 2 aliphatic rings. The summed E-state index contributed by atoms with van der Waals surface area (Å²) in [4.78, 5) is 12.0. The number of rotatable bonds is 5. The molecule has 7 heteroatoms. The number of amides is 1. The van der Waals surface area contributed by atoms with E-state index in [1.807, 2.05) is 6.92 Å². The predicted molar refractivity (Wildman–Crippen MR) is 84.2 cm³/mol. The van der Waals surface area contributed by atoms with Crippen LogP contribution < -0.4 is 10.6 Å². The van der Waals surface area contributed by atoms with Crippen molar-refractivity contribution in [3.05, 3.63) is 24.3 Å². The van der Waals surface area contributed by atoms with Gasteiger partial charge in [-0.15, -0.1) is 4.40 Å². The van der Waals surface area contributed by atoms with Gasteiger partial charge in [-0.1, -0.05) is 19.1 Å². The summed E-state index contributed by atoms with van der Waals surface area (Å²) in [6, 6.07) is 7.04. The first-order valence-corrected chi connectivity index (χ1v) is 8.87. The Bertz CT molecular complexity index is 723. The van der Waals surface area contributed by atoms with E-state index in [0.717, 1.165) is 12.8 Å². The number of carbonyl (C=O) groups excluding carboxylic acids is 1. The molecule has 0 spiro atoms. The van der Waals surface area contributed by atoms with E-state index in [-0.39, 0.29) is 16.7 Å². The van der Waals surface area contributed by atoms with Gasteiger partial charge in [0.05, 0.1) is 5.69 Å². The van der Waals surface area contributed by atoms with Crippen molar-refractivity contribution in [3.8, 4) is 0 Å². The van der Waals surface area contributed by atoms with Crippen LogP contribution >= 0.6 is 0 Å². The lowest BCUT2D eigenvalue weighted by Gasteiger charge is -2.20. The van der Waals surface area contributed by atoms with E-state index in [1.54, 1.807) is 18.2 Å². The number of fused-ring (bicyclic) bond motifs is 1. The largest absolute Gasteiger partial charge is 0.353 e. The molecular weight excluding hydrogens is 302 g/mol. The van der Waals surface area contributed by atoms with E-state index < -0.39 is 10.0 Å². The second kappa shape index (κ2) is 5.72. The van der Waals surface area contributed by atoms with Gasteiger partial charge in [-0.05, 0) is 30.9 Å². The molecule has 1 aliphatic carbocycles. The fourth-order valence-corrected chi connectivity index (χ4v) is 3.64. The number of carbonyl (C=O) groups is 1. The molecule has 1 heterocycles. The Morgan fingerprint density at radius 3 is 2.86 bits per heavy atom. The maximum absolute atomic E-state index is 12.1. The topological polar surface area (TPSA) is 87.6 Å². The molecular formula is C15H19N3O3S. The molecule has 2 N–H and O–H groups in total. The Morgan fingerprint density at radius 1 is 1.41 bits per heavy atom. The predicted octanol–water partition coefficient (Wildman–Crippen LogP) is 1.89. The van der Waals surface area contributed by atoms with Gasteiger partial charge in [0.2, 0.25) is 5.91 Å². The fraction of sp³-hybridized carbons (Fsp3) is 0.467. The van der Waals surface area contributed by atoms with E-state index in [1.165, 1.54) is 6.07 Å². The van der Waals surface area contributed by atoms with Crippen LogP contribution in [0.4, 0.5) is 5.69 Å². The van der Waals surface area contributed by atoms with E-state index >= 15 is 0 Å². The summed E-state index contributed by atoms with van der Waals surface area (Å²) in [6.07, 6.45) is 2.91. The minimum absolute atomic E-state index is 0.0189. The highest BCUT2D eigenvalue weighted by Gasteiger charge is 2.27. The van der Waals surface area contributed by atoms with Gasteiger partial charge in [0.15, 0.2) is 0 Å². The van der Waals surface area contributed by atoms with E-state index in [2.05, 4.69) is 15.0 Å². The number of nitrogens with zero attached hydrogens (tertiary/aromatic N) is 1. The monoisotopic (exact) mass is 321 g/mol. The summed E-state index contributed by atoms with van der Waals surface area (Å²) in [5.74, 6) is 0.436. The van der Waals surface area contributed by atoms with Crippen molar-refractivity contribution in [2.45, 2.75) is 43.5 Å². The zero-order valence-electron chi connectivity index (χ0n) is 12.4. The van der Waals surface area contributed by atoms with Crippen LogP contribution in [0.5, 0.6) is 0 Å². The number of benzene rings is 1. The first-order chi connectivity index (χ1) is 10.4. The number of sulfonamides is 1. The Labute approximate surface area is 130 Å². The van der Waals surface area contributed by atoms with Gasteiger partial charge >= 0.3 is 0 Å². The van der Waals surface area contributed by atoms with Gasteiger partial charge < -0.3 is 10.6 Å². The maximum atomic E-state index is 12.1. The lowest BCUT2D eigenvalue weighted by molar-refractivity contribution is -0.122. The lowest BCUT2D eigenvalue weighted by atomic mass is 10.0. The van der Waals surface area contributed by atoms with Crippen molar-refractivity contribution in [1.29, 1.82) is 0 Å². The highest BCUT2D eigenvalue weighted by Crippen LogP contribution is 2.28. The average molecular weight is 321 g/mol. The van der Waals surface area contributed by atoms with Crippen LogP contribution in [0.25, 0.3) is 0 Å². The molecule has 1 aliphatic heterocycles. The third-order valence-corrected chi connectivity index (χ3v) is 5.06. The quantitative estimate of drug-likeness (QED) is 0.867. The summed E-state index contributed by atoms with van der Waals surface area (Å²) < 4.78 is 28.1. The fourth-order valence-electron chi connectivity index (χ4n) is 2.49. The third-order valence-electron chi connectivity index (χ3n) is 3.69. The Morgan fingerprint density at radius 2 is 2.14 bits per heavy atom. The molecule has 1 unspecified atom stereocenters. The van der Waals surface area contributed by atoms with Crippen molar-refractivity contribution in [1.82, 2.24) is 5.32 Å². The van der Waals surface area contributed by atoms with E-state index in [4.69, 9.17) is 0 Å². The molecule has 1 fully saturated rings. The molecule has 0 aromatic heterocycles. The van der Waals surface area contributed by atoms with Crippen LogP contribution in [0.2, 0.25) is 0 Å². The molecule has 1 amide bonds. The smallest absolute Gasteiger partial charge is 0.286 e. The number of amidine groups is 1. The minimum atomic E-state index is -3.65. The molecule has 3 rings (SSSR count). The molecule has 6 nitrogen and oxygen atoms in total. The first kappa shape index (κ1) is 15.0. The highest BCUT2D eigenvalue weighted by molar-refractivity contribution is 7.90. The number of nitrogens with one attached hydrogen (secondary N) is 2. The summed E-state index contributed by atoms with van der Waals surface area (Å²) >= 11 is 0. The van der Waals surface area contributed by atoms with Gasteiger partial charge in [-0.25, -0.2) is 0 Å². The third kappa shape index (κ3) is 3.47. The van der Waals surface area contributed by atoms with Crippen molar-refractivity contribution in [3.63, 3.8) is 0 Å². The van der Waals surface area contributed by atoms with Crippen LogP contribution in [-0.4, -0.2) is 26.2 Å². The number of hydrogen-bond donors (Lipinski definition) is 2.